The molecule has 0 unspecified atom stereocenters. The van der Waals surface area contributed by atoms with Crippen molar-refractivity contribution in [1.29, 1.82) is 0 Å². The fourth-order valence-electron chi connectivity index (χ4n) is 1.82. The fourth-order valence-corrected chi connectivity index (χ4v) is 1.82. The maximum atomic E-state index is 11.2. The minimum Gasteiger partial charge on any atom is -0.324 e. The Kier molecular flexibility index (Phi) is 1.71. The van der Waals surface area contributed by atoms with Gasteiger partial charge in [0.2, 0.25) is 0 Å². The van der Waals surface area contributed by atoms with Gasteiger partial charge in [0.05, 0.1) is 12.4 Å². The van der Waals surface area contributed by atoms with Crippen molar-refractivity contribution in [1.82, 2.24) is 9.55 Å². The second kappa shape index (κ2) is 2.73. The van der Waals surface area contributed by atoms with Gasteiger partial charge in [0.25, 0.3) is 0 Å². The minimum atomic E-state index is 0.0521. The quantitative estimate of drug-likeness (QED) is 0.628. The highest BCUT2D eigenvalue weighted by molar-refractivity contribution is 5.80. The molecular formula is C9H12N2O. The molecule has 0 radical (unpaired) electrons. The van der Waals surface area contributed by atoms with Crippen LogP contribution >= 0.6 is 0 Å². The number of imidazole rings is 1. The van der Waals surface area contributed by atoms with Crippen molar-refractivity contribution < 1.29 is 4.79 Å². The third-order valence-electron chi connectivity index (χ3n) is 2.46. The summed E-state index contributed by atoms with van der Waals surface area (Å²) >= 11 is 0. The van der Waals surface area contributed by atoms with Crippen LogP contribution in [0.3, 0.4) is 0 Å². The molecule has 0 fully saturated rings. The van der Waals surface area contributed by atoms with Crippen LogP contribution in [0.1, 0.15) is 31.5 Å². The van der Waals surface area contributed by atoms with Crippen LogP contribution < -0.4 is 0 Å². The van der Waals surface area contributed by atoms with E-state index in [2.05, 4.69) is 4.98 Å². The Morgan fingerprint density at radius 2 is 2.58 bits per heavy atom. The number of hydrogen-bond acceptors (Lipinski definition) is 2. The van der Waals surface area contributed by atoms with Gasteiger partial charge in [0, 0.05) is 11.9 Å². The summed E-state index contributed by atoms with van der Waals surface area (Å²) in [5.74, 6) is 0.244. The fraction of sp³-hybridized carbons (Fsp3) is 0.556. The van der Waals surface area contributed by atoms with Gasteiger partial charge in [-0.25, -0.2) is 4.98 Å². The Balaban J connectivity index is 2.37. The summed E-state index contributed by atoms with van der Waals surface area (Å²) < 4.78 is 2.01. The second-order valence-corrected chi connectivity index (χ2v) is 3.31. The number of hydrogen-bond donors (Lipinski definition) is 0. The lowest BCUT2D eigenvalue weighted by molar-refractivity contribution is -0.120. The molecule has 0 aromatic carbocycles. The maximum Gasteiger partial charge on any atom is 0.152 e. The van der Waals surface area contributed by atoms with Gasteiger partial charge in [-0.05, 0) is 26.2 Å². The highest BCUT2D eigenvalue weighted by Gasteiger charge is 2.22. The molecule has 0 amide bonds. The monoisotopic (exact) mass is 164 g/mol. The number of carbonyl (C=O) groups is 1. The molecule has 0 saturated heterocycles. The summed E-state index contributed by atoms with van der Waals surface area (Å²) in [6.45, 7) is 1.65. The largest absolute Gasteiger partial charge is 0.324 e. The Labute approximate surface area is 71.4 Å². The van der Waals surface area contributed by atoms with E-state index < -0.39 is 0 Å². The van der Waals surface area contributed by atoms with Gasteiger partial charge < -0.3 is 4.57 Å². The lowest BCUT2D eigenvalue weighted by Gasteiger charge is -2.22. The molecule has 1 aliphatic heterocycles. The minimum absolute atomic E-state index is 0.0521. The van der Waals surface area contributed by atoms with Gasteiger partial charge in [-0.1, -0.05) is 0 Å². The smallest absolute Gasteiger partial charge is 0.152 e. The van der Waals surface area contributed by atoms with Crippen LogP contribution in [0.25, 0.3) is 0 Å². The molecule has 1 aliphatic rings. The lowest BCUT2D eigenvalue weighted by atomic mass is 10.0. The van der Waals surface area contributed by atoms with Crippen LogP contribution in [0.4, 0.5) is 0 Å². The van der Waals surface area contributed by atoms with E-state index in [1.165, 1.54) is 5.69 Å². The van der Waals surface area contributed by atoms with Crippen molar-refractivity contribution in [3.8, 4) is 0 Å². The van der Waals surface area contributed by atoms with E-state index in [4.69, 9.17) is 0 Å². The van der Waals surface area contributed by atoms with Crippen molar-refractivity contribution >= 4 is 5.78 Å². The Hall–Kier alpha value is -1.12. The van der Waals surface area contributed by atoms with Crippen molar-refractivity contribution in [2.24, 2.45) is 0 Å². The normalized spacial score (nSPS) is 21.9. The van der Waals surface area contributed by atoms with Gasteiger partial charge in [0.1, 0.15) is 0 Å². The molecule has 1 aromatic heterocycles. The van der Waals surface area contributed by atoms with Crippen molar-refractivity contribution in [3.05, 3.63) is 18.2 Å². The zero-order valence-electron chi connectivity index (χ0n) is 7.16. The van der Waals surface area contributed by atoms with Crippen LogP contribution in [-0.2, 0) is 11.2 Å². The standard InChI is InChI=1S/C9H12N2O/c1-7(12)9-4-2-3-8-5-10-6-11(8)9/h5-6,9H,2-4H2,1H3/t9-/m1/s1. The number of ketones is 1. The summed E-state index contributed by atoms with van der Waals surface area (Å²) in [7, 11) is 0. The number of fused-ring (bicyclic) bond motifs is 1. The summed E-state index contributed by atoms with van der Waals surface area (Å²) in [6, 6.07) is 0.0521. The molecule has 0 bridgehead atoms. The van der Waals surface area contributed by atoms with Crippen LogP contribution in [0.5, 0.6) is 0 Å². The van der Waals surface area contributed by atoms with E-state index in [0.29, 0.717) is 0 Å². The number of aryl methyl sites for hydroxylation is 1. The number of Topliss-reactive ketones (excluding diaryl/α,β-unsaturated/α-hetero) is 1. The molecule has 2 heterocycles. The topological polar surface area (TPSA) is 34.9 Å². The number of aromatic nitrogens is 2. The van der Waals surface area contributed by atoms with Gasteiger partial charge in [0.15, 0.2) is 5.78 Å². The lowest BCUT2D eigenvalue weighted by Crippen LogP contribution is -2.22. The summed E-state index contributed by atoms with van der Waals surface area (Å²) in [4.78, 5) is 15.3. The number of rotatable bonds is 1. The predicted octanol–water partition coefficient (Wildman–Crippen LogP) is 1.35. The SMILES string of the molecule is CC(=O)[C@H]1CCCc2cncn21. The van der Waals surface area contributed by atoms with Gasteiger partial charge in [-0.2, -0.15) is 0 Å². The molecule has 0 saturated carbocycles. The first-order chi connectivity index (χ1) is 5.79. The van der Waals surface area contributed by atoms with Crippen LogP contribution in [0, 0.1) is 0 Å². The molecule has 2 rings (SSSR count). The second-order valence-electron chi connectivity index (χ2n) is 3.31. The number of carbonyl (C=O) groups excluding carboxylic acids is 1. The maximum absolute atomic E-state index is 11.2. The van der Waals surface area contributed by atoms with Crippen molar-refractivity contribution in [2.75, 3.05) is 0 Å². The Morgan fingerprint density at radius 1 is 1.75 bits per heavy atom. The Bertz CT molecular complexity index is 303. The summed E-state index contributed by atoms with van der Waals surface area (Å²) in [6.07, 6.45) is 6.76. The molecule has 0 aliphatic carbocycles. The first-order valence-electron chi connectivity index (χ1n) is 4.30. The molecule has 0 N–H and O–H groups in total. The van der Waals surface area contributed by atoms with Gasteiger partial charge >= 0.3 is 0 Å². The molecule has 1 atom stereocenters. The molecule has 12 heavy (non-hydrogen) atoms. The zero-order valence-corrected chi connectivity index (χ0v) is 7.16. The average Bonchev–Trinajstić information content (AvgIpc) is 2.49. The first-order valence-corrected chi connectivity index (χ1v) is 4.30. The van der Waals surface area contributed by atoms with E-state index in [1.54, 1.807) is 13.3 Å². The van der Waals surface area contributed by atoms with E-state index in [0.717, 1.165) is 19.3 Å². The predicted molar refractivity (Wildman–Crippen MR) is 44.9 cm³/mol. The molecule has 0 spiro atoms. The molecule has 1 aromatic rings. The van der Waals surface area contributed by atoms with E-state index in [-0.39, 0.29) is 11.8 Å². The van der Waals surface area contributed by atoms with Gasteiger partial charge in [-0.3, -0.25) is 4.79 Å². The molecule has 64 valence electrons. The zero-order chi connectivity index (χ0) is 8.55. The Morgan fingerprint density at radius 3 is 3.33 bits per heavy atom. The highest BCUT2D eigenvalue weighted by Crippen LogP contribution is 2.24. The molecule has 3 heteroatoms. The first kappa shape index (κ1) is 7.53. The third-order valence-corrected chi connectivity index (χ3v) is 2.46. The summed E-state index contributed by atoms with van der Waals surface area (Å²) in [5, 5.41) is 0. The highest BCUT2D eigenvalue weighted by atomic mass is 16.1. The van der Waals surface area contributed by atoms with Gasteiger partial charge in [-0.15, -0.1) is 0 Å². The van der Waals surface area contributed by atoms with E-state index >= 15 is 0 Å². The van der Waals surface area contributed by atoms with Crippen molar-refractivity contribution in [2.45, 2.75) is 32.2 Å². The summed E-state index contributed by atoms with van der Waals surface area (Å²) in [5.41, 5.74) is 1.20. The third kappa shape index (κ3) is 1.05. The average molecular weight is 164 g/mol. The van der Waals surface area contributed by atoms with E-state index in [9.17, 15) is 4.79 Å². The van der Waals surface area contributed by atoms with Crippen LogP contribution in [-0.4, -0.2) is 15.3 Å². The molecular weight excluding hydrogens is 152 g/mol. The van der Waals surface area contributed by atoms with Crippen molar-refractivity contribution in [3.63, 3.8) is 0 Å². The van der Waals surface area contributed by atoms with Crippen LogP contribution in [0.2, 0.25) is 0 Å². The number of nitrogens with zero attached hydrogens (tertiary/aromatic N) is 2. The van der Waals surface area contributed by atoms with Crippen LogP contribution in [0.15, 0.2) is 12.5 Å². The molecule has 3 nitrogen and oxygen atoms in total. The van der Waals surface area contributed by atoms with E-state index in [1.807, 2.05) is 10.8 Å².